The lowest BCUT2D eigenvalue weighted by Gasteiger charge is -2.14. The molecule has 0 spiro atoms. The molecular weight excluding hydrogens is 297 g/mol. The topological polar surface area (TPSA) is 35.5 Å². The van der Waals surface area contributed by atoms with Crippen LogP contribution < -0.4 is 4.74 Å². The number of ether oxygens (including phenoxy) is 2. The van der Waals surface area contributed by atoms with Gasteiger partial charge in [0.2, 0.25) is 0 Å². The summed E-state index contributed by atoms with van der Waals surface area (Å²) >= 11 is 0. The van der Waals surface area contributed by atoms with Crippen LogP contribution in [0.4, 0.5) is 13.2 Å². The van der Waals surface area contributed by atoms with Gasteiger partial charge in [0.15, 0.2) is 0 Å². The Morgan fingerprint density at radius 1 is 1.09 bits per heavy atom. The second-order valence-electron chi connectivity index (χ2n) is 4.52. The van der Waals surface area contributed by atoms with Gasteiger partial charge >= 0.3 is 12.3 Å². The molecule has 0 fully saturated rings. The molecule has 3 nitrogen and oxygen atoms in total. The molecule has 22 heavy (non-hydrogen) atoms. The first-order valence-electron chi connectivity index (χ1n) is 6.42. The molecule has 0 unspecified atom stereocenters. The van der Waals surface area contributed by atoms with Crippen LogP contribution in [0.15, 0.2) is 48.5 Å². The first-order chi connectivity index (χ1) is 10.3. The van der Waals surface area contributed by atoms with Gasteiger partial charge in [-0.2, -0.15) is 0 Å². The van der Waals surface area contributed by atoms with E-state index in [0.717, 1.165) is 0 Å². The number of hydrogen-bond acceptors (Lipinski definition) is 3. The molecule has 2 aromatic carbocycles. The fourth-order valence-electron chi connectivity index (χ4n) is 1.93. The number of carbonyl (C=O) groups excluding carboxylic acids is 1. The second-order valence-corrected chi connectivity index (χ2v) is 4.52. The van der Waals surface area contributed by atoms with Crippen molar-refractivity contribution in [1.82, 2.24) is 0 Å². The van der Waals surface area contributed by atoms with Gasteiger partial charge in [-0.15, -0.1) is 13.2 Å². The lowest BCUT2D eigenvalue weighted by molar-refractivity contribution is -0.274. The number of halogens is 3. The van der Waals surface area contributed by atoms with E-state index in [-0.39, 0.29) is 12.4 Å². The Labute approximate surface area is 125 Å². The number of para-hydroxylation sites is 1. The van der Waals surface area contributed by atoms with Crippen molar-refractivity contribution in [2.45, 2.75) is 19.9 Å². The van der Waals surface area contributed by atoms with Crippen LogP contribution in [-0.2, 0) is 16.1 Å². The summed E-state index contributed by atoms with van der Waals surface area (Å²) in [5.41, 5.74) is 1.53. The number of hydrogen-bond donors (Lipinski definition) is 0. The molecule has 6 heteroatoms. The minimum Gasteiger partial charge on any atom is -0.461 e. The zero-order chi connectivity index (χ0) is 16.2. The second kappa shape index (κ2) is 6.51. The third-order valence-corrected chi connectivity index (χ3v) is 2.79. The molecule has 2 rings (SSSR count). The van der Waals surface area contributed by atoms with Crippen molar-refractivity contribution >= 4 is 5.97 Å². The highest BCUT2D eigenvalue weighted by atomic mass is 19.4. The Bertz CT molecular complexity index is 666. The van der Waals surface area contributed by atoms with Crippen LogP contribution in [0, 0.1) is 0 Å². The van der Waals surface area contributed by atoms with E-state index >= 15 is 0 Å². The predicted octanol–water partition coefficient (Wildman–Crippen LogP) is 4.32. The lowest BCUT2D eigenvalue weighted by atomic mass is 10.0. The number of carbonyl (C=O) groups is 1. The first kappa shape index (κ1) is 15.9. The van der Waals surface area contributed by atoms with E-state index < -0.39 is 12.3 Å². The minimum absolute atomic E-state index is 0.0610. The third kappa shape index (κ3) is 4.51. The molecule has 0 heterocycles. The molecular formula is C16H13F3O3. The summed E-state index contributed by atoms with van der Waals surface area (Å²) in [7, 11) is 0. The maximum atomic E-state index is 12.4. The van der Waals surface area contributed by atoms with Crippen molar-refractivity contribution < 1.29 is 27.4 Å². The standard InChI is InChI=1S/C16H13F3O3/c1-11(20)21-10-12-5-4-6-13(9-12)14-7-2-3-8-15(14)22-16(17,18)19/h2-9H,10H2,1H3. The summed E-state index contributed by atoms with van der Waals surface area (Å²) in [6, 6.07) is 12.6. The molecule has 116 valence electrons. The Morgan fingerprint density at radius 3 is 2.50 bits per heavy atom. The highest BCUT2D eigenvalue weighted by molar-refractivity contribution is 5.71. The van der Waals surface area contributed by atoms with Gasteiger partial charge in [-0.3, -0.25) is 4.79 Å². The van der Waals surface area contributed by atoms with Crippen molar-refractivity contribution in [2.24, 2.45) is 0 Å². The third-order valence-electron chi connectivity index (χ3n) is 2.79. The molecule has 0 saturated heterocycles. The Balaban J connectivity index is 2.32. The molecule has 0 aliphatic carbocycles. The van der Waals surface area contributed by atoms with Crippen LogP contribution in [0.5, 0.6) is 5.75 Å². The summed E-state index contributed by atoms with van der Waals surface area (Å²) < 4.78 is 46.3. The van der Waals surface area contributed by atoms with Crippen molar-refractivity contribution in [3.8, 4) is 16.9 Å². The number of alkyl halides is 3. The van der Waals surface area contributed by atoms with E-state index in [1.165, 1.54) is 25.1 Å². The van der Waals surface area contributed by atoms with Crippen molar-refractivity contribution in [1.29, 1.82) is 0 Å². The van der Waals surface area contributed by atoms with Gasteiger partial charge in [0.25, 0.3) is 0 Å². The van der Waals surface area contributed by atoms with Crippen LogP contribution >= 0.6 is 0 Å². The van der Waals surface area contributed by atoms with E-state index in [9.17, 15) is 18.0 Å². The van der Waals surface area contributed by atoms with E-state index in [2.05, 4.69) is 4.74 Å². The Kier molecular flexibility index (Phi) is 4.70. The summed E-state index contributed by atoms with van der Waals surface area (Å²) in [4.78, 5) is 10.8. The molecule has 0 atom stereocenters. The molecule has 0 aromatic heterocycles. The van der Waals surface area contributed by atoms with Crippen LogP contribution in [-0.4, -0.2) is 12.3 Å². The van der Waals surface area contributed by atoms with Crippen LogP contribution in [0.25, 0.3) is 11.1 Å². The first-order valence-corrected chi connectivity index (χ1v) is 6.42. The lowest BCUT2D eigenvalue weighted by Crippen LogP contribution is -2.17. The quantitative estimate of drug-likeness (QED) is 0.789. The number of benzene rings is 2. The molecule has 0 N–H and O–H groups in total. The number of esters is 1. The van der Waals surface area contributed by atoms with Gasteiger partial charge in [0, 0.05) is 12.5 Å². The molecule has 0 radical (unpaired) electrons. The normalized spacial score (nSPS) is 11.1. The maximum absolute atomic E-state index is 12.4. The van der Waals surface area contributed by atoms with E-state index in [1.54, 1.807) is 30.3 Å². The van der Waals surface area contributed by atoms with Crippen LogP contribution in [0.2, 0.25) is 0 Å². The zero-order valence-electron chi connectivity index (χ0n) is 11.7. The van der Waals surface area contributed by atoms with Crippen molar-refractivity contribution in [3.05, 3.63) is 54.1 Å². The van der Waals surface area contributed by atoms with Crippen molar-refractivity contribution in [3.63, 3.8) is 0 Å². The monoisotopic (exact) mass is 310 g/mol. The summed E-state index contributed by atoms with van der Waals surface area (Å²) in [6.45, 7) is 1.35. The van der Waals surface area contributed by atoms with E-state index in [0.29, 0.717) is 16.7 Å². The van der Waals surface area contributed by atoms with Gasteiger partial charge in [-0.05, 0) is 23.3 Å². The zero-order valence-corrected chi connectivity index (χ0v) is 11.7. The largest absolute Gasteiger partial charge is 0.573 e. The average molecular weight is 310 g/mol. The molecule has 0 bridgehead atoms. The van der Waals surface area contributed by atoms with Gasteiger partial charge in [0.1, 0.15) is 12.4 Å². The average Bonchev–Trinajstić information content (AvgIpc) is 2.44. The molecule has 0 saturated carbocycles. The minimum atomic E-state index is -4.76. The fourth-order valence-corrected chi connectivity index (χ4v) is 1.93. The molecule has 0 aliphatic rings. The summed E-state index contributed by atoms with van der Waals surface area (Å²) in [5.74, 6) is -0.703. The highest BCUT2D eigenvalue weighted by Crippen LogP contribution is 2.33. The molecule has 0 aliphatic heterocycles. The Hall–Kier alpha value is -2.50. The van der Waals surface area contributed by atoms with Gasteiger partial charge in [-0.1, -0.05) is 36.4 Å². The predicted molar refractivity (Wildman–Crippen MR) is 74.0 cm³/mol. The van der Waals surface area contributed by atoms with Crippen molar-refractivity contribution in [2.75, 3.05) is 0 Å². The van der Waals surface area contributed by atoms with Gasteiger partial charge in [0.05, 0.1) is 0 Å². The van der Waals surface area contributed by atoms with Crippen LogP contribution in [0.3, 0.4) is 0 Å². The fraction of sp³-hybridized carbons (Fsp3) is 0.188. The smallest absolute Gasteiger partial charge is 0.461 e. The maximum Gasteiger partial charge on any atom is 0.573 e. The van der Waals surface area contributed by atoms with Gasteiger partial charge < -0.3 is 9.47 Å². The summed E-state index contributed by atoms with van der Waals surface area (Å²) in [5, 5.41) is 0. The number of rotatable bonds is 4. The SMILES string of the molecule is CC(=O)OCc1cccc(-c2ccccc2OC(F)(F)F)c1. The Morgan fingerprint density at radius 2 is 1.82 bits per heavy atom. The highest BCUT2D eigenvalue weighted by Gasteiger charge is 2.32. The van der Waals surface area contributed by atoms with E-state index in [1.807, 2.05) is 0 Å². The van der Waals surface area contributed by atoms with Gasteiger partial charge in [-0.25, -0.2) is 0 Å². The summed E-state index contributed by atoms with van der Waals surface area (Å²) in [6.07, 6.45) is -4.76. The molecule has 2 aromatic rings. The van der Waals surface area contributed by atoms with Crippen LogP contribution in [0.1, 0.15) is 12.5 Å². The van der Waals surface area contributed by atoms with E-state index in [4.69, 9.17) is 4.74 Å². The molecule has 0 amide bonds.